The highest BCUT2D eigenvalue weighted by Crippen LogP contribution is 2.32. The van der Waals surface area contributed by atoms with E-state index >= 15 is 0 Å². The maximum atomic E-state index is 12.9. The Bertz CT molecular complexity index is 479. The van der Waals surface area contributed by atoms with Gasteiger partial charge in [0.05, 0.1) is 4.75 Å². The molecule has 0 aromatic heterocycles. The maximum absolute atomic E-state index is 12.9. The highest BCUT2D eigenvalue weighted by Gasteiger charge is 2.41. The normalized spacial score (nSPS) is 13.0. The minimum atomic E-state index is -2.64. The zero-order valence-corrected chi connectivity index (χ0v) is 25.8. The van der Waals surface area contributed by atoms with Gasteiger partial charge in [0.25, 0.3) is 0 Å². The second-order valence-corrected chi connectivity index (χ2v) is 15.9. The van der Waals surface area contributed by atoms with E-state index in [9.17, 15) is 4.79 Å². The van der Waals surface area contributed by atoms with Crippen LogP contribution in [0.5, 0.6) is 0 Å². The predicted molar refractivity (Wildman–Crippen MR) is 144 cm³/mol. The van der Waals surface area contributed by atoms with Crippen LogP contribution >= 0.6 is 23.5 Å². The fourth-order valence-electron chi connectivity index (χ4n) is 3.30. The van der Waals surface area contributed by atoms with E-state index in [2.05, 4.69) is 0 Å². The van der Waals surface area contributed by atoms with Gasteiger partial charge in [-0.15, -0.1) is 11.8 Å². The van der Waals surface area contributed by atoms with Crippen molar-refractivity contribution in [3.8, 4) is 0 Å². The first-order valence-electron chi connectivity index (χ1n) is 12.3. The van der Waals surface area contributed by atoms with Crippen molar-refractivity contribution in [2.75, 3.05) is 51.1 Å². The van der Waals surface area contributed by atoms with E-state index in [1.54, 1.807) is 11.8 Å². The molecule has 198 valence electrons. The molecule has 0 aliphatic rings. The number of rotatable bonds is 22. The van der Waals surface area contributed by atoms with E-state index in [-0.39, 0.29) is 5.12 Å². The summed E-state index contributed by atoms with van der Waals surface area (Å²) in [4.78, 5) is 12.9. The quantitative estimate of drug-likeness (QED) is 0.127. The Balaban J connectivity index is 4.58. The van der Waals surface area contributed by atoms with E-state index in [4.69, 9.17) is 26.6 Å². The van der Waals surface area contributed by atoms with Crippen molar-refractivity contribution < 1.29 is 31.4 Å². The largest absolute Gasteiger partial charge is 0.500 e. The summed E-state index contributed by atoms with van der Waals surface area (Å²) in [5, 5.41) is 0.201. The molecule has 0 aromatic carbocycles. The summed E-state index contributed by atoms with van der Waals surface area (Å²) in [5.41, 5.74) is 0. The van der Waals surface area contributed by atoms with Gasteiger partial charge in [0.15, 0.2) is 0 Å². The van der Waals surface area contributed by atoms with Crippen molar-refractivity contribution in [2.24, 2.45) is 0 Å². The molecule has 0 unspecified atom stereocenters. The molecule has 0 aliphatic heterocycles. The monoisotopic (exact) mass is 544 g/mol. The minimum Gasteiger partial charge on any atom is -0.374 e. The third-order valence-electron chi connectivity index (χ3n) is 4.63. The van der Waals surface area contributed by atoms with Gasteiger partial charge in [0.1, 0.15) is 0 Å². The Kier molecular flexibility index (Phi) is 19.1. The van der Waals surface area contributed by atoms with Crippen LogP contribution in [0.2, 0.25) is 12.1 Å². The molecule has 0 rings (SSSR count). The average Bonchev–Trinajstić information content (AvgIpc) is 2.75. The molecule has 0 fully saturated rings. The molecule has 0 atom stereocenters. The molecule has 0 saturated heterocycles. The van der Waals surface area contributed by atoms with Gasteiger partial charge in [-0.05, 0) is 74.0 Å². The third-order valence-corrected chi connectivity index (χ3v) is 13.7. The fourth-order valence-corrected chi connectivity index (χ4v) is 11.1. The molecule has 33 heavy (non-hydrogen) atoms. The summed E-state index contributed by atoms with van der Waals surface area (Å²) in [6.07, 6.45) is 1.72. The van der Waals surface area contributed by atoms with Gasteiger partial charge in [-0.2, -0.15) is 0 Å². The van der Waals surface area contributed by atoms with Crippen molar-refractivity contribution in [1.29, 1.82) is 0 Å². The lowest BCUT2D eigenvalue weighted by atomic mass is 10.2. The van der Waals surface area contributed by atoms with Crippen molar-refractivity contribution >= 4 is 46.2 Å². The summed E-state index contributed by atoms with van der Waals surface area (Å²) >= 11 is 3.09. The smallest absolute Gasteiger partial charge is 0.374 e. The van der Waals surface area contributed by atoms with Crippen LogP contribution in [0.15, 0.2) is 0 Å². The zero-order valence-electron chi connectivity index (χ0n) is 22.2. The fraction of sp³-hybridized carbons (Fsp3) is 0.955. The molecule has 0 amide bonds. The summed E-state index contributed by atoms with van der Waals surface area (Å²) in [7, 11) is -5.26. The number of hydrogen-bond donors (Lipinski definition) is 0. The summed E-state index contributed by atoms with van der Waals surface area (Å²) in [6, 6.07) is 1.50. The van der Waals surface area contributed by atoms with Crippen LogP contribution in [0.3, 0.4) is 0 Å². The molecular weight excluding hydrogens is 497 g/mol. The molecule has 0 radical (unpaired) electrons. The molecule has 0 N–H and O–H groups in total. The Morgan fingerprint density at radius 2 is 0.970 bits per heavy atom. The lowest BCUT2D eigenvalue weighted by Crippen LogP contribution is -2.46. The second kappa shape index (κ2) is 18.8. The average molecular weight is 545 g/mol. The molecule has 7 nitrogen and oxygen atoms in total. The number of carbonyl (C=O) groups is 1. The van der Waals surface area contributed by atoms with Gasteiger partial charge >= 0.3 is 17.6 Å². The summed E-state index contributed by atoms with van der Waals surface area (Å²) in [6.45, 7) is 19.3. The van der Waals surface area contributed by atoms with E-state index in [0.29, 0.717) is 39.6 Å². The maximum Gasteiger partial charge on any atom is 0.500 e. The Morgan fingerprint density at radius 1 is 0.636 bits per heavy atom. The lowest BCUT2D eigenvalue weighted by Gasteiger charge is -2.29. The SMILES string of the molecule is CCO[Si](CCCSC(=O)C(C)(C)SCCC[Si](OCC)(OCC)OCC)(OCC)OCC. The highest BCUT2D eigenvalue weighted by atomic mass is 32.2. The Hall–Kier alpha value is 0.564. The zero-order chi connectivity index (χ0) is 25.2. The Labute approximate surface area is 213 Å². The van der Waals surface area contributed by atoms with Crippen LogP contribution in [-0.4, -0.2) is 78.6 Å². The third kappa shape index (κ3) is 13.4. The van der Waals surface area contributed by atoms with Gasteiger partial charge < -0.3 is 26.6 Å². The molecule has 0 heterocycles. The summed E-state index contributed by atoms with van der Waals surface area (Å²) in [5.74, 6) is 1.59. The van der Waals surface area contributed by atoms with E-state index in [1.807, 2.05) is 55.4 Å². The highest BCUT2D eigenvalue weighted by molar-refractivity contribution is 8.16. The van der Waals surface area contributed by atoms with Crippen LogP contribution < -0.4 is 0 Å². The number of hydrogen-bond acceptors (Lipinski definition) is 9. The first kappa shape index (κ1) is 33.6. The minimum absolute atomic E-state index is 0.201. The first-order valence-corrected chi connectivity index (χ1v) is 18.2. The number of thioether (sulfide) groups is 2. The van der Waals surface area contributed by atoms with Crippen LogP contribution in [0.4, 0.5) is 0 Å². The molecule has 0 bridgehead atoms. The van der Waals surface area contributed by atoms with Crippen molar-refractivity contribution in [2.45, 2.75) is 85.1 Å². The molecule has 0 saturated carbocycles. The number of carbonyl (C=O) groups excluding carboxylic acids is 1. The van der Waals surface area contributed by atoms with Crippen molar-refractivity contribution in [3.63, 3.8) is 0 Å². The molecule has 0 spiro atoms. The van der Waals surface area contributed by atoms with Gasteiger partial charge in [-0.1, -0.05) is 11.8 Å². The van der Waals surface area contributed by atoms with Gasteiger partial charge in [-0.25, -0.2) is 0 Å². The van der Waals surface area contributed by atoms with Crippen molar-refractivity contribution in [3.05, 3.63) is 0 Å². The standard InChI is InChI=1S/C22H48O7S2Si2/c1-9-24-32(25-10-2,26-11-3)19-15-17-30-21(23)22(7,8)31-18-16-20-33(27-12-4,28-13-5)29-14-6/h9-20H2,1-8H3. The molecule has 0 aliphatic carbocycles. The van der Waals surface area contributed by atoms with Gasteiger partial charge in [-0.3, -0.25) is 4.79 Å². The molecule has 11 heteroatoms. The predicted octanol–water partition coefficient (Wildman–Crippen LogP) is 5.64. The van der Waals surface area contributed by atoms with Crippen LogP contribution in [0.25, 0.3) is 0 Å². The molecule has 0 aromatic rings. The Morgan fingerprint density at radius 3 is 1.30 bits per heavy atom. The molecular formula is C22H48O7S2Si2. The van der Waals surface area contributed by atoms with E-state index in [0.717, 1.165) is 36.4 Å². The van der Waals surface area contributed by atoms with Crippen LogP contribution in [0.1, 0.15) is 68.2 Å². The summed E-state index contributed by atoms with van der Waals surface area (Å²) < 4.78 is 35.0. The van der Waals surface area contributed by atoms with Crippen LogP contribution in [-0.2, 0) is 31.4 Å². The second-order valence-electron chi connectivity index (χ2n) is 7.67. The van der Waals surface area contributed by atoms with E-state index < -0.39 is 22.4 Å². The topological polar surface area (TPSA) is 72.5 Å². The van der Waals surface area contributed by atoms with Crippen molar-refractivity contribution in [1.82, 2.24) is 0 Å². The van der Waals surface area contributed by atoms with E-state index in [1.165, 1.54) is 11.8 Å². The van der Waals surface area contributed by atoms with Gasteiger partial charge in [0.2, 0.25) is 5.12 Å². The first-order chi connectivity index (χ1) is 15.7. The van der Waals surface area contributed by atoms with Crippen LogP contribution in [0, 0.1) is 0 Å². The lowest BCUT2D eigenvalue weighted by molar-refractivity contribution is -0.112. The van der Waals surface area contributed by atoms with Gasteiger partial charge in [0, 0.05) is 57.5 Å².